The zero-order valence-electron chi connectivity index (χ0n) is 20.7. The summed E-state index contributed by atoms with van der Waals surface area (Å²) in [6.07, 6.45) is -0.429. The number of nitrogens with zero attached hydrogens (tertiary/aromatic N) is 3. The molecule has 3 atom stereocenters. The van der Waals surface area contributed by atoms with E-state index < -0.39 is 47.9 Å². The number of aromatic nitrogens is 1. The minimum atomic E-state index is -4.70. The number of likely N-dealkylation sites (tertiary alicyclic amines) is 1. The largest absolute Gasteiger partial charge is 0.408 e. The van der Waals surface area contributed by atoms with Crippen molar-refractivity contribution in [3.05, 3.63) is 53.2 Å². The summed E-state index contributed by atoms with van der Waals surface area (Å²) in [5, 5.41) is 2.41. The van der Waals surface area contributed by atoms with Gasteiger partial charge in [-0.15, -0.1) is 0 Å². The Balaban J connectivity index is 1.61. The van der Waals surface area contributed by atoms with Crippen molar-refractivity contribution in [2.75, 3.05) is 17.7 Å². The third kappa shape index (κ3) is 5.87. The number of amides is 4. The maximum absolute atomic E-state index is 14.0. The molecule has 0 radical (unpaired) electrons. The second-order valence-electron chi connectivity index (χ2n) is 9.80. The minimum Gasteiger partial charge on any atom is -0.384 e. The molecule has 1 aliphatic heterocycles. The molecule has 204 valence electrons. The first kappa shape index (κ1) is 27.7. The molecule has 2 aromatic rings. The van der Waals surface area contributed by atoms with Crippen LogP contribution in [0.15, 0.2) is 42.6 Å². The number of pyridine rings is 1. The molecule has 4 rings (SSSR count). The van der Waals surface area contributed by atoms with E-state index in [4.69, 9.17) is 17.3 Å². The van der Waals surface area contributed by atoms with Crippen molar-refractivity contribution >= 4 is 41.0 Å². The van der Waals surface area contributed by atoms with Gasteiger partial charge in [0.15, 0.2) is 0 Å². The van der Waals surface area contributed by atoms with Crippen molar-refractivity contribution in [3.63, 3.8) is 0 Å². The van der Waals surface area contributed by atoms with Gasteiger partial charge < -0.3 is 16.0 Å². The molecule has 4 amide bonds. The summed E-state index contributed by atoms with van der Waals surface area (Å²) in [5.74, 6) is -2.92. The molecule has 2 fully saturated rings. The van der Waals surface area contributed by atoms with Gasteiger partial charge in [-0.25, -0.2) is 9.78 Å². The number of benzene rings is 1. The Bertz CT molecular complexity index is 1200. The predicted octanol–water partition coefficient (Wildman–Crippen LogP) is 4.57. The number of β-lactam (4-membered cyclic amide) rings is 1. The first-order valence-corrected chi connectivity index (χ1v) is 12.8. The first-order chi connectivity index (χ1) is 18.0. The molecule has 8 nitrogen and oxygen atoms in total. The SMILES string of the molecule is CN(C(=O)[C@@H]1[C@@H](Cc2ccnc(N)c2)C(=O)N1C(=O)N[C@@H](C1CCCCC1)C(F)(F)F)c1cccc(Cl)c1. The highest BCUT2D eigenvalue weighted by atomic mass is 35.5. The van der Waals surface area contributed by atoms with Gasteiger partial charge in [0.1, 0.15) is 17.9 Å². The van der Waals surface area contributed by atoms with Crippen LogP contribution in [0.2, 0.25) is 5.02 Å². The summed E-state index contributed by atoms with van der Waals surface area (Å²) in [6, 6.07) is 4.92. The predicted molar refractivity (Wildman–Crippen MR) is 136 cm³/mol. The van der Waals surface area contributed by atoms with Gasteiger partial charge in [-0.3, -0.25) is 14.5 Å². The number of nitrogens with two attached hydrogens (primary N) is 1. The van der Waals surface area contributed by atoms with Crippen LogP contribution in [0.3, 0.4) is 0 Å². The number of rotatable bonds is 6. The fourth-order valence-corrected chi connectivity index (χ4v) is 5.46. The Hall–Kier alpha value is -3.34. The van der Waals surface area contributed by atoms with Crippen LogP contribution in [0.25, 0.3) is 0 Å². The number of carbonyl (C=O) groups is 3. The van der Waals surface area contributed by atoms with Gasteiger partial charge >= 0.3 is 12.2 Å². The lowest BCUT2D eigenvalue weighted by atomic mass is 9.81. The molecule has 1 aromatic heterocycles. The fraction of sp³-hybridized carbons (Fsp3) is 0.462. The number of nitrogen functional groups attached to an aromatic ring is 1. The van der Waals surface area contributed by atoms with E-state index in [1.165, 1.54) is 24.2 Å². The third-order valence-corrected chi connectivity index (χ3v) is 7.50. The van der Waals surface area contributed by atoms with E-state index in [2.05, 4.69) is 4.98 Å². The van der Waals surface area contributed by atoms with Crippen LogP contribution in [-0.4, -0.2) is 53.0 Å². The Morgan fingerprint density at radius 3 is 2.55 bits per heavy atom. The molecular formula is C26H29ClF3N5O3. The molecular weight excluding hydrogens is 523 g/mol. The fourth-order valence-electron chi connectivity index (χ4n) is 5.28. The van der Waals surface area contributed by atoms with Crippen LogP contribution in [0.4, 0.5) is 29.5 Å². The van der Waals surface area contributed by atoms with Crippen molar-refractivity contribution in [2.24, 2.45) is 11.8 Å². The molecule has 2 aliphatic rings. The average Bonchev–Trinajstić information content (AvgIpc) is 2.87. The van der Waals surface area contributed by atoms with E-state index in [0.29, 0.717) is 46.9 Å². The van der Waals surface area contributed by atoms with E-state index >= 15 is 0 Å². The molecule has 0 spiro atoms. The van der Waals surface area contributed by atoms with Gasteiger partial charge in [0.25, 0.3) is 5.91 Å². The van der Waals surface area contributed by atoms with E-state index in [0.717, 1.165) is 6.42 Å². The lowest BCUT2D eigenvalue weighted by molar-refractivity contribution is -0.170. The Morgan fingerprint density at radius 2 is 1.92 bits per heavy atom. The van der Waals surface area contributed by atoms with Gasteiger partial charge in [0, 0.05) is 24.0 Å². The quantitative estimate of drug-likeness (QED) is 0.511. The molecule has 1 aliphatic carbocycles. The summed E-state index contributed by atoms with van der Waals surface area (Å²) in [6.45, 7) is 0. The third-order valence-electron chi connectivity index (χ3n) is 7.27. The van der Waals surface area contributed by atoms with E-state index in [9.17, 15) is 27.6 Å². The normalized spacial score (nSPS) is 21.0. The van der Waals surface area contributed by atoms with Gasteiger partial charge in [0.05, 0.1) is 5.92 Å². The average molecular weight is 552 g/mol. The van der Waals surface area contributed by atoms with Crippen molar-refractivity contribution in [1.29, 1.82) is 0 Å². The van der Waals surface area contributed by atoms with Crippen LogP contribution >= 0.6 is 11.6 Å². The summed E-state index contributed by atoms with van der Waals surface area (Å²) < 4.78 is 41.9. The summed E-state index contributed by atoms with van der Waals surface area (Å²) >= 11 is 6.06. The van der Waals surface area contributed by atoms with Crippen LogP contribution in [0.5, 0.6) is 0 Å². The Morgan fingerprint density at radius 1 is 1.21 bits per heavy atom. The second-order valence-corrected chi connectivity index (χ2v) is 10.2. The molecule has 0 bridgehead atoms. The zero-order valence-corrected chi connectivity index (χ0v) is 21.5. The maximum atomic E-state index is 14.0. The molecule has 1 aromatic carbocycles. The molecule has 0 unspecified atom stereocenters. The van der Waals surface area contributed by atoms with Crippen LogP contribution < -0.4 is 16.0 Å². The van der Waals surface area contributed by atoms with Crippen LogP contribution in [0, 0.1) is 11.8 Å². The Kier molecular flexibility index (Phi) is 8.15. The van der Waals surface area contributed by atoms with Gasteiger partial charge in [-0.2, -0.15) is 13.2 Å². The number of imide groups is 1. The van der Waals surface area contributed by atoms with E-state index in [-0.39, 0.29) is 12.2 Å². The van der Waals surface area contributed by atoms with Crippen LogP contribution in [-0.2, 0) is 16.0 Å². The first-order valence-electron chi connectivity index (χ1n) is 12.4. The van der Waals surface area contributed by atoms with Crippen LogP contribution in [0.1, 0.15) is 37.7 Å². The van der Waals surface area contributed by atoms with Gasteiger partial charge in [-0.05, 0) is 61.1 Å². The lowest BCUT2D eigenvalue weighted by Gasteiger charge is -2.46. The summed E-state index contributed by atoms with van der Waals surface area (Å²) in [4.78, 5) is 45.7. The number of hydrogen-bond donors (Lipinski definition) is 2. The highest BCUT2D eigenvalue weighted by Crippen LogP contribution is 2.37. The summed E-state index contributed by atoms with van der Waals surface area (Å²) in [7, 11) is 1.45. The highest BCUT2D eigenvalue weighted by molar-refractivity contribution is 6.31. The maximum Gasteiger partial charge on any atom is 0.408 e. The topological polar surface area (TPSA) is 109 Å². The van der Waals surface area contributed by atoms with Crippen molar-refractivity contribution < 1.29 is 27.6 Å². The van der Waals surface area contributed by atoms with E-state index in [1.807, 2.05) is 5.32 Å². The lowest BCUT2D eigenvalue weighted by Crippen LogP contribution is -2.71. The highest BCUT2D eigenvalue weighted by Gasteiger charge is 2.56. The van der Waals surface area contributed by atoms with Gasteiger partial charge in [0.2, 0.25) is 5.91 Å². The number of urea groups is 1. The Labute approximate surface area is 223 Å². The number of halogens is 4. The number of likely N-dealkylation sites (N-methyl/N-ethyl adjacent to an activating group) is 1. The van der Waals surface area contributed by atoms with Crippen molar-refractivity contribution in [2.45, 2.75) is 56.8 Å². The van der Waals surface area contributed by atoms with E-state index in [1.54, 1.807) is 30.3 Å². The molecule has 3 N–H and O–H groups in total. The minimum absolute atomic E-state index is 0.0560. The number of hydrogen-bond acceptors (Lipinski definition) is 5. The number of nitrogens with one attached hydrogen (secondary N) is 1. The van der Waals surface area contributed by atoms with Crippen molar-refractivity contribution in [3.8, 4) is 0 Å². The number of carbonyl (C=O) groups excluding carboxylic acids is 3. The molecule has 12 heteroatoms. The molecule has 2 heterocycles. The standard InChI is InChI=1S/C26H29ClF3N5O3/c1-34(18-9-5-8-17(27)14-18)24(37)21-19(12-15-10-11-32-20(31)13-15)23(36)35(21)25(38)33-22(26(28,29)30)16-6-3-2-4-7-16/h5,8-11,13-14,16,19,21-22H,2-4,6-7,12H2,1H3,(H2,31,32)(H,33,38)/t19-,21+,22+/m1/s1. The smallest absolute Gasteiger partial charge is 0.384 e. The molecule has 1 saturated carbocycles. The second kappa shape index (κ2) is 11.2. The summed E-state index contributed by atoms with van der Waals surface area (Å²) in [5.41, 5.74) is 6.75. The monoisotopic (exact) mass is 551 g/mol. The number of alkyl halides is 3. The van der Waals surface area contributed by atoms with Crippen molar-refractivity contribution in [1.82, 2.24) is 15.2 Å². The molecule has 38 heavy (non-hydrogen) atoms. The van der Waals surface area contributed by atoms with Gasteiger partial charge in [-0.1, -0.05) is 36.9 Å². The number of anilines is 2. The zero-order chi connectivity index (χ0) is 27.6. The molecule has 1 saturated heterocycles.